The molecule has 0 spiro atoms. The highest BCUT2D eigenvalue weighted by Crippen LogP contribution is 2.42. The first-order chi connectivity index (χ1) is 17.5. The molecule has 0 aliphatic carbocycles. The Morgan fingerprint density at radius 1 is 1.05 bits per heavy atom. The summed E-state index contributed by atoms with van der Waals surface area (Å²) in [5, 5.41) is 14.0. The Morgan fingerprint density at radius 3 is 2.35 bits per heavy atom. The Morgan fingerprint density at radius 2 is 1.73 bits per heavy atom. The van der Waals surface area contributed by atoms with Crippen molar-refractivity contribution in [3.05, 3.63) is 69.2 Å². The first kappa shape index (κ1) is 25.7. The van der Waals surface area contributed by atoms with Crippen LogP contribution in [0.1, 0.15) is 58.3 Å². The fourth-order valence-corrected chi connectivity index (χ4v) is 5.77. The summed E-state index contributed by atoms with van der Waals surface area (Å²) in [6.07, 6.45) is -3.27. The number of alkyl halides is 3. The van der Waals surface area contributed by atoms with Crippen LogP contribution in [-0.4, -0.2) is 51.8 Å². The van der Waals surface area contributed by atoms with Crippen LogP contribution in [0.4, 0.5) is 13.2 Å². The maximum Gasteiger partial charge on any atom is 0.416 e. The predicted molar refractivity (Wildman–Crippen MR) is 127 cm³/mol. The number of benzene rings is 2. The summed E-state index contributed by atoms with van der Waals surface area (Å²) < 4.78 is 38.4. The van der Waals surface area contributed by atoms with Crippen LogP contribution >= 0.6 is 11.6 Å². The molecule has 2 saturated heterocycles. The third kappa shape index (κ3) is 4.85. The van der Waals surface area contributed by atoms with Gasteiger partial charge in [0.05, 0.1) is 16.2 Å². The van der Waals surface area contributed by atoms with Crippen molar-refractivity contribution in [2.24, 2.45) is 0 Å². The quantitative estimate of drug-likeness (QED) is 0.584. The number of hydrogen-bond acceptors (Lipinski definition) is 5. The zero-order valence-corrected chi connectivity index (χ0v) is 20.5. The lowest BCUT2D eigenvalue weighted by Crippen LogP contribution is -2.52. The van der Waals surface area contributed by atoms with Crippen molar-refractivity contribution in [3.63, 3.8) is 0 Å². The molecular weight excluding hydrogens is 511 g/mol. The van der Waals surface area contributed by atoms with E-state index in [1.807, 2.05) is 0 Å². The van der Waals surface area contributed by atoms with Crippen LogP contribution < -0.4 is 5.32 Å². The lowest BCUT2D eigenvalue weighted by molar-refractivity contribution is -0.138. The maximum atomic E-state index is 13.0. The Balaban J connectivity index is 1.27. The molecule has 3 heterocycles. The highest BCUT2D eigenvalue weighted by Gasteiger charge is 2.42. The van der Waals surface area contributed by atoms with E-state index in [-0.39, 0.29) is 31.2 Å². The summed E-state index contributed by atoms with van der Waals surface area (Å²) in [5.41, 5.74) is 0.274. The van der Waals surface area contributed by atoms with Gasteiger partial charge in [-0.25, -0.2) is 0 Å². The number of halogens is 4. The lowest BCUT2D eigenvalue weighted by Gasteiger charge is -2.39. The fourth-order valence-electron chi connectivity index (χ4n) is 5.37. The number of nitrogens with one attached hydrogen (secondary N) is 1. The van der Waals surface area contributed by atoms with Gasteiger partial charge in [0.15, 0.2) is 0 Å². The number of piperidine rings is 2. The van der Waals surface area contributed by atoms with E-state index in [2.05, 4.69) is 10.2 Å². The second kappa shape index (κ2) is 9.41. The van der Waals surface area contributed by atoms with Gasteiger partial charge < -0.3 is 10.0 Å². The summed E-state index contributed by atoms with van der Waals surface area (Å²) in [6, 6.07) is 7.58. The molecule has 5 rings (SSSR count). The average molecular weight is 536 g/mol. The van der Waals surface area contributed by atoms with Crippen molar-refractivity contribution < 1.29 is 32.7 Å². The minimum atomic E-state index is -4.38. The zero-order chi connectivity index (χ0) is 26.5. The topological polar surface area (TPSA) is 90.0 Å². The largest absolute Gasteiger partial charge is 0.416 e. The zero-order valence-electron chi connectivity index (χ0n) is 19.8. The molecule has 1 unspecified atom stereocenters. The van der Waals surface area contributed by atoms with Gasteiger partial charge in [0, 0.05) is 49.3 Å². The summed E-state index contributed by atoms with van der Waals surface area (Å²) >= 11 is 6.72. The van der Waals surface area contributed by atoms with Crippen molar-refractivity contribution in [3.8, 4) is 0 Å². The third-order valence-corrected chi connectivity index (χ3v) is 7.95. The number of amides is 3. The average Bonchev–Trinajstić information content (AvgIpc) is 3.18. The molecule has 3 aliphatic heterocycles. The van der Waals surface area contributed by atoms with Gasteiger partial charge in [-0.2, -0.15) is 13.2 Å². The smallest absolute Gasteiger partial charge is 0.385 e. The van der Waals surface area contributed by atoms with Gasteiger partial charge >= 0.3 is 6.18 Å². The van der Waals surface area contributed by atoms with Crippen LogP contribution in [0.25, 0.3) is 0 Å². The van der Waals surface area contributed by atoms with E-state index in [1.54, 1.807) is 12.1 Å². The number of imide groups is 1. The molecular formula is C26H25ClF3N3O4. The van der Waals surface area contributed by atoms with E-state index in [4.69, 9.17) is 11.6 Å². The molecule has 2 aromatic rings. The number of hydrogen-bond donors (Lipinski definition) is 2. The number of nitrogens with zero attached hydrogens (tertiary/aromatic N) is 2. The number of fused-ring (bicyclic) bond motifs is 1. The summed E-state index contributed by atoms with van der Waals surface area (Å²) in [4.78, 5) is 40.3. The Labute approximate surface area is 216 Å². The number of carbonyl (C=O) groups is 3. The van der Waals surface area contributed by atoms with Crippen molar-refractivity contribution in [1.29, 1.82) is 0 Å². The fraction of sp³-hybridized carbons (Fsp3) is 0.423. The minimum Gasteiger partial charge on any atom is -0.385 e. The van der Waals surface area contributed by atoms with Crippen molar-refractivity contribution in [1.82, 2.24) is 15.1 Å². The van der Waals surface area contributed by atoms with Gasteiger partial charge in [0.25, 0.3) is 5.91 Å². The number of carbonyl (C=O) groups excluding carboxylic acids is 3. The molecule has 11 heteroatoms. The van der Waals surface area contributed by atoms with E-state index < -0.39 is 29.3 Å². The minimum absolute atomic E-state index is 0.114. The van der Waals surface area contributed by atoms with Gasteiger partial charge in [-0.05, 0) is 43.0 Å². The first-order valence-electron chi connectivity index (χ1n) is 12.0. The van der Waals surface area contributed by atoms with Gasteiger partial charge in [0.2, 0.25) is 11.8 Å². The molecule has 0 radical (unpaired) electrons. The molecule has 7 nitrogen and oxygen atoms in total. The number of aliphatic hydroxyl groups is 1. The molecule has 2 fully saturated rings. The van der Waals surface area contributed by atoms with E-state index in [9.17, 15) is 32.7 Å². The Kier molecular flexibility index (Phi) is 6.54. The van der Waals surface area contributed by atoms with E-state index in [0.29, 0.717) is 54.2 Å². The lowest BCUT2D eigenvalue weighted by atomic mass is 9.83. The molecule has 3 aliphatic rings. The van der Waals surface area contributed by atoms with E-state index in [1.165, 1.54) is 17.0 Å². The molecule has 0 bridgehead atoms. The highest BCUT2D eigenvalue weighted by molar-refractivity contribution is 6.33. The first-order valence-corrected chi connectivity index (χ1v) is 12.4. The highest BCUT2D eigenvalue weighted by atomic mass is 35.5. The standard InChI is InChI=1S/C26H25ClF3N3O4/c27-22-18-14-33(20-7-8-21(34)31-23(20)35)24(36)17(18)5-6-19(22)25(37)9-11-32(12-10-25)13-15-1-3-16(4-2-15)26(28,29)30/h1-6,20,37H,7-14H2,(H,31,34,35). The van der Waals surface area contributed by atoms with Crippen molar-refractivity contribution in [2.45, 2.75) is 56.6 Å². The number of rotatable bonds is 4. The van der Waals surface area contributed by atoms with Crippen LogP contribution in [-0.2, 0) is 34.5 Å². The second-order valence-corrected chi connectivity index (χ2v) is 10.2. The Bertz CT molecular complexity index is 1260. The molecule has 3 amide bonds. The normalized spacial score (nSPS) is 22.2. The van der Waals surface area contributed by atoms with E-state index in [0.717, 1.165) is 17.7 Å². The van der Waals surface area contributed by atoms with E-state index >= 15 is 0 Å². The van der Waals surface area contributed by atoms with Crippen LogP contribution in [0.3, 0.4) is 0 Å². The summed E-state index contributed by atoms with van der Waals surface area (Å²) in [5.74, 6) is -1.21. The molecule has 0 aromatic heterocycles. The van der Waals surface area contributed by atoms with Crippen LogP contribution in [0.2, 0.25) is 5.02 Å². The number of likely N-dealkylation sites (tertiary alicyclic amines) is 1. The SMILES string of the molecule is O=C1CCC(N2Cc3c(ccc(C4(O)CCN(Cc5ccc(C(F)(F)F)cc5)CC4)c3Cl)C2=O)C(=O)N1. The van der Waals surface area contributed by atoms with Gasteiger partial charge in [-0.1, -0.05) is 29.8 Å². The monoisotopic (exact) mass is 535 g/mol. The van der Waals surface area contributed by atoms with Crippen molar-refractivity contribution in [2.75, 3.05) is 13.1 Å². The molecule has 0 saturated carbocycles. The molecule has 2 N–H and O–H groups in total. The summed E-state index contributed by atoms with van der Waals surface area (Å²) in [6.45, 7) is 1.59. The Hall–Kier alpha value is -2.95. The summed E-state index contributed by atoms with van der Waals surface area (Å²) in [7, 11) is 0. The van der Waals surface area contributed by atoms with Gasteiger partial charge in [-0.15, -0.1) is 0 Å². The van der Waals surface area contributed by atoms with Crippen LogP contribution in [0, 0.1) is 0 Å². The maximum absolute atomic E-state index is 13.0. The van der Waals surface area contributed by atoms with Crippen LogP contribution in [0.15, 0.2) is 36.4 Å². The molecule has 2 aromatic carbocycles. The van der Waals surface area contributed by atoms with Crippen molar-refractivity contribution >= 4 is 29.3 Å². The second-order valence-electron chi connectivity index (χ2n) is 9.86. The predicted octanol–water partition coefficient (Wildman–Crippen LogP) is 3.60. The molecule has 37 heavy (non-hydrogen) atoms. The molecule has 1 atom stereocenters. The van der Waals surface area contributed by atoms with Gasteiger partial charge in [-0.3, -0.25) is 24.6 Å². The third-order valence-electron chi connectivity index (χ3n) is 7.52. The van der Waals surface area contributed by atoms with Gasteiger partial charge in [0.1, 0.15) is 6.04 Å². The molecule has 196 valence electrons. The van der Waals surface area contributed by atoms with Crippen LogP contribution in [0.5, 0.6) is 0 Å².